The molecule has 2 aliphatic rings. The fraction of sp³-hybridized carbons (Fsp3) is 0.241. The highest BCUT2D eigenvalue weighted by atomic mass is 35.5. The Hall–Kier alpha value is -3.37. The van der Waals surface area contributed by atoms with Gasteiger partial charge in [0, 0.05) is 46.5 Å². The number of nitrogens with one attached hydrogen (secondary N) is 2. The zero-order valence-corrected chi connectivity index (χ0v) is 19.7. The van der Waals surface area contributed by atoms with E-state index in [1.165, 1.54) is 40.4 Å². The number of aromatic nitrogens is 2. The van der Waals surface area contributed by atoms with Crippen molar-refractivity contribution >= 4 is 45.6 Å². The van der Waals surface area contributed by atoms with E-state index in [0.717, 1.165) is 53.9 Å². The van der Waals surface area contributed by atoms with Gasteiger partial charge in [-0.25, -0.2) is 0 Å². The van der Waals surface area contributed by atoms with Crippen molar-refractivity contribution in [3.05, 3.63) is 94.1 Å². The molecule has 0 atom stereocenters. The number of H-pyrrole nitrogens is 1. The molecule has 34 heavy (non-hydrogen) atoms. The Labute approximate surface area is 204 Å². The molecular weight excluding hydrogens is 442 g/mol. The molecule has 4 nitrogen and oxygen atoms in total. The zero-order chi connectivity index (χ0) is 23.1. The van der Waals surface area contributed by atoms with Gasteiger partial charge in [-0.15, -0.1) is 11.6 Å². The van der Waals surface area contributed by atoms with Gasteiger partial charge < -0.3 is 10.3 Å². The summed E-state index contributed by atoms with van der Waals surface area (Å²) in [4.78, 5) is 21.4. The van der Waals surface area contributed by atoms with Crippen LogP contribution in [0.25, 0.3) is 22.4 Å². The number of amides is 1. The van der Waals surface area contributed by atoms with Crippen LogP contribution in [0.3, 0.4) is 0 Å². The Morgan fingerprint density at radius 3 is 2.85 bits per heavy atom. The van der Waals surface area contributed by atoms with Crippen LogP contribution in [0.15, 0.2) is 54.7 Å². The molecule has 3 heterocycles. The lowest BCUT2D eigenvalue weighted by molar-refractivity contribution is -0.110. The molecule has 170 valence electrons. The normalized spacial score (nSPS) is 16.0. The summed E-state index contributed by atoms with van der Waals surface area (Å²) in [5.41, 5.74) is 9.75. The topological polar surface area (TPSA) is 57.8 Å². The second-order valence-corrected chi connectivity index (χ2v) is 9.55. The van der Waals surface area contributed by atoms with Gasteiger partial charge in [-0.05, 0) is 78.5 Å². The van der Waals surface area contributed by atoms with Crippen LogP contribution in [0, 0.1) is 0 Å². The first kappa shape index (κ1) is 21.2. The summed E-state index contributed by atoms with van der Waals surface area (Å²) >= 11 is 5.97. The van der Waals surface area contributed by atoms with E-state index in [1.807, 2.05) is 24.4 Å². The van der Waals surface area contributed by atoms with Gasteiger partial charge in [0.15, 0.2) is 0 Å². The molecule has 0 spiro atoms. The fourth-order valence-electron chi connectivity index (χ4n) is 5.38. The van der Waals surface area contributed by atoms with E-state index >= 15 is 0 Å². The van der Waals surface area contributed by atoms with Crippen molar-refractivity contribution in [2.45, 2.75) is 38.5 Å². The largest absolute Gasteiger partial charge is 0.358 e. The average Bonchev–Trinajstić information content (AvgIpc) is 3.36. The maximum absolute atomic E-state index is 13.0. The lowest BCUT2D eigenvalue weighted by atomic mass is 9.91. The predicted molar refractivity (Wildman–Crippen MR) is 139 cm³/mol. The number of alkyl halides is 1. The van der Waals surface area contributed by atoms with Crippen LogP contribution < -0.4 is 5.32 Å². The zero-order valence-electron chi connectivity index (χ0n) is 19.0. The number of fused-ring (bicyclic) bond motifs is 3. The number of carbonyl (C=O) groups excluding carboxylic acids is 1. The average molecular weight is 468 g/mol. The third kappa shape index (κ3) is 3.72. The van der Waals surface area contributed by atoms with Crippen molar-refractivity contribution in [2.75, 3.05) is 11.2 Å². The van der Waals surface area contributed by atoms with Crippen LogP contribution >= 0.6 is 11.6 Å². The maximum Gasteiger partial charge on any atom is 0.256 e. The van der Waals surface area contributed by atoms with E-state index in [4.69, 9.17) is 16.6 Å². The van der Waals surface area contributed by atoms with Crippen LogP contribution in [0.2, 0.25) is 0 Å². The van der Waals surface area contributed by atoms with E-state index in [9.17, 15) is 4.79 Å². The van der Waals surface area contributed by atoms with Gasteiger partial charge in [-0.2, -0.15) is 0 Å². The minimum absolute atomic E-state index is 0.0557. The number of aromatic amines is 1. The molecule has 1 aliphatic heterocycles. The first-order chi connectivity index (χ1) is 16.7. The number of aryl methyl sites for hydroxylation is 2. The summed E-state index contributed by atoms with van der Waals surface area (Å²) < 4.78 is 0. The molecule has 0 fully saturated rings. The molecule has 1 aliphatic carbocycles. The number of rotatable bonds is 5. The summed E-state index contributed by atoms with van der Waals surface area (Å²) in [7, 11) is 0. The molecule has 0 saturated heterocycles. The molecule has 2 N–H and O–H groups in total. The summed E-state index contributed by atoms with van der Waals surface area (Å²) in [6, 6.07) is 16.6. The second kappa shape index (κ2) is 8.77. The van der Waals surface area contributed by atoms with Gasteiger partial charge in [-0.3, -0.25) is 9.78 Å². The number of nitrogens with zero attached hydrogens (tertiary/aromatic N) is 1. The number of pyridine rings is 1. The van der Waals surface area contributed by atoms with Crippen molar-refractivity contribution in [3.8, 4) is 0 Å². The van der Waals surface area contributed by atoms with Crippen molar-refractivity contribution in [2.24, 2.45) is 0 Å². The Morgan fingerprint density at radius 1 is 1.06 bits per heavy atom. The minimum Gasteiger partial charge on any atom is -0.358 e. The molecule has 0 radical (unpaired) electrons. The van der Waals surface area contributed by atoms with Crippen LogP contribution in [0.5, 0.6) is 0 Å². The van der Waals surface area contributed by atoms with Gasteiger partial charge in [0.25, 0.3) is 5.91 Å². The van der Waals surface area contributed by atoms with Gasteiger partial charge in [0.1, 0.15) is 0 Å². The van der Waals surface area contributed by atoms with Gasteiger partial charge in [0.05, 0.1) is 11.3 Å². The molecule has 0 bridgehead atoms. The van der Waals surface area contributed by atoms with Crippen LogP contribution in [-0.4, -0.2) is 21.8 Å². The SMILES string of the molecule is O=C1Nc2ccc(CCCl)cc2C1=Cc1[nH]c2c(c1Cc1nccc3ccccc13)CCCC2. The molecule has 4 aromatic rings. The molecule has 0 saturated carbocycles. The number of halogens is 1. The summed E-state index contributed by atoms with van der Waals surface area (Å²) in [5, 5.41) is 5.41. The summed E-state index contributed by atoms with van der Waals surface area (Å²) in [6.45, 7) is 0. The highest BCUT2D eigenvalue weighted by molar-refractivity contribution is 6.35. The van der Waals surface area contributed by atoms with Crippen LogP contribution in [0.1, 0.15) is 52.2 Å². The molecule has 1 amide bonds. The summed E-state index contributed by atoms with van der Waals surface area (Å²) in [6.07, 6.45) is 9.98. The number of carbonyl (C=O) groups is 1. The van der Waals surface area contributed by atoms with Gasteiger partial charge in [0.2, 0.25) is 0 Å². The molecular formula is C29H26ClN3O. The Morgan fingerprint density at radius 2 is 1.94 bits per heavy atom. The van der Waals surface area contributed by atoms with Gasteiger partial charge >= 0.3 is 0 Å². The predicted octanol–water partition coefficient (Wildman–Crippen LogP) is 6.31. The van der Waals surface area contributed by atoms with Gasteiger partial charge in [-0.1, -0.05) is 30.3 Å². The quantitative estimate of drug-likeness (QED) is 0.267. The molecule has 5 heteroatoms. The Kier molecular flexibility index (Phi) is 5.46. The van der Waals surface area contributed by atoms with E-state index < -0.39 is 0 Å². The smallest absolute Gasteiger partial charge is 0.256 e. The first-order valence-electron chi connectivity index (χ1n) is 12.0. The monoisotopic (exact) mass is 467 g/mol. The summed E-state index contributed by atoms with van der Waals surface area (Å²) in [5.74, 6) is 0.505. The van der Waals surface area contributed by atoms with E-state index in [1.54, 1.807) is 0 Å². The Bertz CT molecular complexity index is 1440. The second-order valence-electron chi connectivity index (χ2n) is 9.17. The highest BCUT2D eigenvalue weighted by Crippen LogP contribution is 2.37. The standard InChI is InChI=1S/C29H26ClN3O/c30-13-11-18-9-10-26-22(15-18)24(29(34)33-26)17-28-23(21-7-3-4-8-25(21)32-28)16-27-20-6-2-1-5-19(20)12-14-31-27/h1-2,5-6,9-10,12,14-15,17,32H,3-4,7-8,11,13,16H2,(H,33,34). The lowest BCUT2D eigenvalue weighted by Crippen LogP contribution is -2.04. The first-order valence-corrected chi connectivity index (χ1v) is 12.5. The lowest BCUT2D eigenvalue weighted by Gasteiger charge is -2.13. The molecule has 6 rings (SSSR count). The van der Waals surface area contributed by atoms with E-state index in [2.05, 4.69) is 46.7 Å². The van der Waals surface area contributed by atoms with Crippen molar-refractivity contribution in [3.63, 3.8) is 0 Å². The van der Waals surface area contributed by atoms with E-state index in [0.29, 0.717) is 11.5 Å². The maximum atomic E-state index is 13.0. The third-order valence-corrected chi connectivity index (χ3v) is 7.27. The highest BCUT2D eigenvalue weighted by Gasteiger charge is 2.27. The number of anilines is 1. The van der Waals surface area contributed by atoms with Crippen LogP contribution in [-0.2, 0) is 30.5 Å². The molecule has 2 aromatic carbocycles. The molecule has 0 unspecified atom stereocenters. The third-order valence-electron chi connectivity index (χ3n) is 7.08. The fourth-order valence-corrected chi connectivity index (χ4v) is 5.60. The van der Waals surface area contributed by atoms with Crippen LogP contribution in [0.4, 0.5) is 5.69 Å². The van der Waals surface area contributed by atoms with Crippen molar-refractivity contribution < 1.29 is 4.79 Å². The van der Waals surface area contributed by atoms with E-state index in [-0.39, 0.29) is 5.91 Å². The number of hydrogen-bond acceptors (Lipinski definition) is 2. The molecule has 2 aromatic heterocycles. The number of hydrogen-bond donors (Lipinski definition) is 2. The minimum atomic E-state index is -0.0557. The Balaban J connectivity index is 1.47. The number of benzene rings is 2. The van der Waals surface area contributed by atoms with Crippen molar-refractivity contribution in [1.82, 2.24) is 9.97 Å². The van der Waals surface area contributed by atoms with Crippen molar-refractivity contribution in [1.29, 1.82) is 0 Å².